The van der Waals surface area contributed by atoms with E-state index in [1.165, 1.54) is 186 Å². The highest BCUT2D eigenvalue weighted by Gasteiger charge is 2.20. The fourth-order valence-electron chi connectivity index (χ4n) is 7.43. The number of carbonyl (C=O) groups excluding carboxylic acids is 1. The van der Waals surface area contributed by atoms with Crippen molar-refractivity contribution >= 4 is 5.91 Å². The van der Waals surface area contributed by atoms with Crippen LogP contribution in [0.1, 0.15) is 251 Å². The van der Waals surface area contributed by atoms with Crippen LogP contribution in [-0.4, -0.2) is 46.1 Å². The van der Waals surface area contributed by atoms with Gasteiger partial charge < -0.3 is 20.6 Å². The van der Waals surface area contributed by atoms with E-state index < -0.39 is 18.2 Å². The van der Waals surface area contributed by atoms with Gasteiger partial charge in [0.2, 0.25) is 5.91 Å². The number of rotatable bonds is 44. The molecule has 0 aliphatic rings. The molecule has 0 saturated heterocycles. The van der Waals surface area contributed by atoms with E-state index in [0.29, 0.717) is 6.42 Å². The highest BCUT2D eigenvalue weighted by Crippen LogP contribution is 2.16. The third-order valence-electron chi connectivity index (χ3n) is 11.2. The van der Waals surface area contributed by atoms with Gasteiger partial charge in [-0.1, -0.05) is 237 Å². The Morgan fingerprint density at radius 2 is 0.782 bits per heavy atom. The van der Waals surface area contributed by atoms with Crippen molar-refractivity contribution < 1.29 is 20.1 Å². The molecule has 0 aliphatic carbocycles. The quantitative estimate of drug-likeness (QED) is 0.0367. The second-order valence-corrected chi connectivity index (χ2v) is 16.7. The van der Waals surface area contributed by atoms with Crippen LogP contribution in [0.15, 0.2) is 36.5 Å². The number of hydrogen-bond acceptors (Lipinski definition) is 4. The molecule has 0 aromatic rings. The monoisotopic (exact) mass is 774 g/mol. The lowest BCUT2D eigenvalue weighted by Crippen LogP contribution is -2.45. The van der Waals surface area contributed by atoms with Crippen LogP contribution in [0.3, 0.4) is 0 Å². The molecule has 1 amide bonds. The van der Waals surface area contributed by atoms with Crippen LogP contribution in [0.25, 0.3) is 0 Å². The molecular weight excluding hydrogens is 679 g/mol. The largest absolute Gasteiger partial charge is 0.394 e. The lowest BCUT2D eigenvalue weighted by molar-refractivity contribution is -0.124. The second kappa shape index (κ2) is 45.3. The minimum absolute atomic E-state index is 0.00532. The zero-order chi connectivity index (χ0) is 40.1. The number of aliphatic hydroxyl groups excluding tert-OH is 3. The van der Waals surface area contributed by atoms with Crippen LogP contribution in [0.4, 0.5) is 0 Å². The summed E-state index contributed by atoms with van der Waals surface area (Å²) >= 11 is 0. The molecule has 0 aromatic heterocycles. The summed E-state index contributed by atoms with van der Waals surface area (Å²) in [7, 11) is 0. The van der Waals surface area contributed by atoms with Crippen molar-refractivity contribution in [2.24, 2.45) is 0 Å². The smallest absolute Gasteiger partial charge is 0.222 e. The zero-order valence-corrected chi connectivity index (χ0v) is 36.8. The maximum atomic E-state index is 12.5. The number of nitrogens with one attached hydrogen (secondary N) is 1. The third kappa shape index (κ3) is 42.0. The first kappa shape index (κ1) is 53.6. The molecule has 55 heavy (non-hydrogen) atoms. The SMILES string of the molecule is CCCCCCCCCCC/C=C/CC/C=C/CC/C=C/C(O)C(CO)NC(=O)CC(O)CCCCCCCCCCCCCCCCCCCCCCC. The lowest BCUT2D eigenvalue weighted by Gasteiger charge is -2.21. The Bertz CT molecular complexity index is 855. The molecule has 3 unspecified atom stereocenters. The summed E-state index contributed by atoms with van der Waals surface area (Å²) in [5.74, 6) is -0.326. The van der Waals surface area contributed by atoms with Crippen molar-refractivity contribution in [2.75, 3.05) is 6.61 Å². The van der Waals surface area contributed by atoms with Gasteiger partial charge in [-0.25, -0.2) is 0 Å². The van der Waals surface area contributed by atoms with Crippen LogP contribution in [0.2, 0.25) is 0 Å². The fraction of sp³-hybridized carbons (Fsp3) is 0.860. The number of aliphatic hydroxyl groups is 3. The number of allylic oxidation sites excluding steroid dienone is 5. The molecule has 0 radical (unpaired) electrons. The Morgan fingerprint density at radius 1 is 0.455 bits per heavy atom. The van der Waals surface area contributed by atoms with Crippen molar-refractivity contribution in [3.8, 4) is 0 Å². The molecule has 0 aromatic carbocycles. The first-order valence-corrected chi connectivity index (χ1v) is 24.3. The van der Waals surface area contributed by atoms with Crippen LogP contribution in [0.5, 0.6) is 0 Å². The molecule has 0 rings (SSSR count). The Balaban J connectivity index is 3.67. The van der Waals surface area contributed by atoms with Crippen LogP contribution >= 0.6 is 0 Å². The maximum Gasteiger partial charge on any atom is 0.222 e. The van der Waals surface area contributed by atoms with Gasteiger partial charge in [0.25, 0.3) is 0 Å². The molecule has 3 atom stereocenters. The molecule has 4 N–H and O–H groups in total. The molecular formula is C50H95NO4. The van der Waals surface area contributed by atoms with Crippen molar-refractivity contribution in [3.63, 3.8) is 0 Å². The molecule has 0 fully saturated rings. The molecule has 324 valence electrons. The first-order chi connectivity index (χ1) is 27.0. The third-order valence-corrected chi connectivity index (χ3v) is 11.2. The van der Waals surface area contributed by atoms with E-state index in [1.54, 1.807) is 6.08 Å². The Labute approximate surface area is 343 Å². The number of amides is 1. The van der Waals surface area contributed by atoms with Gasteiger partial charge in [-0.05, 0) is 44.9 Å². The minimum Gasteiger partial charge on any atom is -0.394 e. The van der Waals surface area contributed by atoms with Gasteiger partial charge in [-0.3, -0.25) is 4.79 Å². The predicted octanol–water partition coefficient (Wildman–Crippen LogP) is 14.3. The summed E-state index contributed by atoms with van der Waals surface area (Å²) < 4.78 is 0. The van der Waals surface area contributed by atoms with Crippen molar-refractivity contribution in [3.05, 3.63) is 36.5 Å². The molecule has 0 spiro atoms. The van der Waals surface area contributed by atoms with Crippen molar-refractivity contribution in [1.29, 1.82) is 0 Å². The van der Waals surface area contributed by atoms with E-state index in [0.717, 1.165) is 38.5 Å². The summed E-state index contributed by atoms with van der Waals surface area (Å²) in [6.45, 7) is 4.21. The van der Waals surface area contributed by atoms with E-state index in [4.69, 9.17) is 0 Å². The number of hydrogen-bond donors (Lipinski definition) is 4. The number of unbranched alkanes of at least 4 members (excludes halogenated alkanes) is 31. The number of carbonyl (C=O) groups is 1. The van der Waals surface area contributed by atoms with Gasteiger partial charge in [-0.2, -0.15) is 0 Å². The van der Waals surface area contributed by atoms with E-state index in [1.807, 2.05) is 6.08 Å². The molecule has 0 aliphatic heterocycles. The van der Waals surface area contributed by atoms with Crippen LogP contribution < -0.4 is 5.32 Å². The van der Waals surface area contributed by atoms with Crippen molar-refractivity contribution in [1.82, 2.24) is 5.32 Å². The second-order valence-electron chi connectivity index (χ2n) is 16.7. The molecule has 0 saturated carbocycles. The summed E-state index contributed by atoms with van der Waals surface area (Å²) in [5.41, 5.74) is 0. The average molecular weight is 774 g/mol. The van der Waals surface area contributed by atoms with Crippen molar-refractivity contribution in [2.45, 2.75) is 270 Å². The van der Waals surface area contributed by atoms with E-state index in [-0.39, 0.29) is 18.9 Å². The van der Waals surface area contributed by atoms with E-state index >= 15 is 0 Å². The van der Waals surface area contributed by atoms with E-state index in [2.05, 4.69) is 43.5 Å². The highest BCUT2D eigenvalue weighted by molar-refractivity contribution is 5.76. The Morgan fingerprint density at radius 3 is 1.16 bits per heavy atom. The zero-order valence-electron chi connectivity index (χ0n) is 36.8. The van der Waals surface area contributed by atoms with E-state index in [9.17, 15) is 20.1 Å². The molecule has 5 heteroatoms. The van der Waals surface area contributed by atoms with Gasteiger partial charge in [0.05, 0.1) is 31.3 Å². The summed E-state index contributed by atoms with van der Waals surface area (Å²) in [6.07, 6.45) is 57.3. The maximum absolute atomic E-state index is 12.5. The predicted molar refractivity (Wildman–Crippen MR) is 241 cm³/mol. The molecule has 5 nitrogen and oxygen atoms in total. The van der Waals surface area contributed by atoms with Gasteiger partial charge in [0.1, 0.15) is 0 Å². The Hall–Kier alpha value is -1.43. The highest BCUT2D eigenvalue weighted by atomic mass is 16.3. The van der Waals surface area contributed by atoms with Gasteiger partial charge >= 0.3 is 0 Å². The fourth-order valence-corrected chi connectivity index (χ4v) is 7.43. The van der Waals surface area contributed by atoms with Gasteiger partial charge in [0.15, 0.2) is 0 Å². The molecule has 0 heterocycles. The minimum atomic E-state index is -0.958. The average Bonchev–Trinajstić information content (AvgIpc) is 3.18. The summed E-state index contributed by atoms with van der Waals surface area (Å²) in [4.78, 5) is 12.5. The van der Waals surface area contributed by atoms with Crippen LogP contribution in [-0.2, 0) is 4.79 Å². The first-order valence-electron chi connectivity index (χ1n) is 24.3. The normalized spacial score (nSPS) is 13.8. The topological polar surface area (TPSA) is 89.8 Å². The standard InChI is InChI=1S/C50H95NO4/c1-3-5-7-9-11-13-15-17-19-21-23-24-26-27-29-31-33-35-37-39-41-43-47(53)45-50(55)51-48(46-52)49(54)44-42-40-38-36-34-32-30-28-25-22-20-18-16-14-12-10-8-6-4-2/h25,28,34,36,42,44,47-49,52-54H,3-24,26-27,29-33,35,37-41,43,45-46H2,1-2H3,(H,51,55)/b28-25+,36-34+,44-42+. The molecule has 0 bridgehead atoms. The van der Waals surface area contributed by atoms with Gasteiger partial charge in [0, 0.05) is 0 Å². The summed E-state index contributed by atoms with van der Waals surface area (Å²) in [5, 5.41) is 33.3. The lowest BCUT2D eigenvalue weighted by atomic mass is 10.0. The summed E-state index contributed by atoms with van der Waals surface area (Å²) in [6, 6.07) is -0.765. The van der Waals surface area contributed by atoms with Crippen LogP contribution in [0, 0.1) is 0 Å². The Kier molecular flexibility index (Phi) is 44.1. The van der Waals surface area contributed by atoms with Gasteiger partial charge in [-0.15, -0.1) is 0 Å².